The number of para-hydroxylation sites is 1. The number of benzene rings is 1. The van der Waals surface area contributed by atoms with Crippen LogP contribution in [0.1, 0.15) is 11.9 Å². The van der Waals surface area contributed by atoms with Gasteiger partial charge in [-0.15, -0.1) is 11.8 Å². The molecule has 1 aliphatic rings. The highest BCUT2D eigenvalue weighted by atomic mass is 32.2. The van der Waals surface area contributed by atoms with E-state index < -0.39 is 0 Å². The minimum atomic E-state index is -0.326. The lowest BCUT2D eigenvalue weighted by Gasteiger charge is -2.24. The number of nitrogen functional groups attached to an aromatic ring is 1. The van der Waals surface area contributed by atoms with E-state index in [4.69, 9.17) is 10.5 Å². The summed E-state index contributed by atoms with van der Waals surface area (Å²) in [5, 5.41) is 0. The molecule has 0 saturated heterocycles. The zero-order valence-electron chi connectivity index (χ0n) is 9.42. The number of ether oxygens (including phenoxy) is 1. The number of nitrogens with one attached hydrogen (secondary N) is 1. The summed E-state index contributed by atoms with van der Waals surface area (Å²) in [5.41, 5.74) is 5.23. The van der Waals surface area contributed by atoms with Gasteiger partial charge in [0.2, 0.25) is 0 Å². The van der Waals surface area contributed by atoms with Crippen LogP contribution in [0.2, 0.25) is 0 Å². The number of nitrogens with zero attached hydrogens (tertiary/aromatic N) is 1. The molecule has 1 aromatic heterocycles. The summed E-state index contributed by atoms with van der Waals surface area (Å²) in [6, 6.07) is 7.80. The number of aromatic amines is 1. The number of fused-ring (bicyclic) bond motifs is 1. The lowest BCUT2D eigenvalue weighted by molar-refractivity contribution is 0.210. The Morgan fingerprint density at radius 2 is 2.28 bits per heavy atom. The Bertz CT molecular complexity index is 641. The lowest BCUT2D eigenvalue weighted by Crippen LogP contribution is -2.22. The summed E-state index contributed by atoms with van der Waals surface area (Å²) in [6.45, 7) is 0. The van der Waals surface area contributed by atoms with E-state index in [-0.39, 0.29) is 17.4 Å². The van der Waals surface area contributed by atoms with E-state index in [0.717, 1.165) is 10.6 Å². The summed E-state index contributed by atoms with van der Waals surface area (Å²) >= 11 is 1.68. The predicted molar refractivity (Wildman–Crippen MR) is 69.8 cm³/mol. The van der Waals surface area contributed by atoms with Gasteiger partial charge in [-0.25, -0.2) is 4.98 Å². The smallest absolute Gasteiger partial charge is 0.274 e. The van der Waals surface area contributed by atoms with E-state index in [1.165, 1.54) is 6.20 Å². The quantitative estimate of drug-likeness (QED) is 0.814. The number of thioether (sulfide) groups is 1. The van der Waals surface area contributed by atoms with Crippen molar-refractivity contribution >= 4 is 17.4 Å². The second-order valence-corrected chi connectivity index (χ2v) is 4.98. The Hall–Kier alpha value is -1.95. The number of nitrogens with two attached hydrogens (primary N) is 1. The van der Waals surface area contributed by atoms with Crippen LogP contribution in [0.15, 0.2) is 40.2 Å². The molecule has 0 saturated carbocycles. The molecule has 2 aromatic rings. The molecule has 0 fully saturated rings. The average Bonchev–Trinajstić information content (AvgIpc) is 2.41. The Kier molecular flexibility index (Phi) is 2.71. The number of H-pyrrole nitrogens is 1. The molecule has 0 aliphatic carbocycles. The van der Waals surface area contributed by atoms with Gasteiger partial charge in [-0.2, -0.15) is 0 Å². The van der Waals surface area contributed by atoms with Crippen molar-refractivity contribution in [1.29, 1.82) is 0 Å². The van der Waals surface area contributed by atoms with E-state index in [1.54, 1.807) is 11.8 Å². The van der Waals surface area contributed by atoms with Crippen LogP contribution in [0.25, 0.3) is 0 Å². The predicted octanol–water partition coefficient (Wildman–Crippen LogP) is 1.58. The molecule has 0 radical (unpaired) electrons. The van der Waals surface area contributed by atoms with Gasteiger partial charge in [0, 0.05) is 10.6 Å². The Morgan fingerprint density at radius 1 is 1.44 bits per heavy atom. The van der Waals surface area contributed by atoms with Crippen LogP contribution in [0.3, 0.4) is 0 Å². The second kappa shape index (κ2) is 4.38. The van der Waals surface area contributed by atoms with Gasteiger partial charge >= 0.3 is 0 Å². The maximum Gasteiger partial charge on any atom is 0.274 e. The standard InChI is InChI=1S/C12H11N3O2S/c13-7-5-14-11(15-12(7)16)9-6-18-10-4-2-1-3-8(10)17-9/h1-5,9H,6,13H2,(H,14,15,16). The molecule has 3 rings (SSSR count). The van der Waals surface area contributed by atoms with Gasteiger partial charge in [0.25, 0.3) is 5.56 Å². The maximum absolute atomic E-state index is 11.4. The minimum Gasteiger partial charge on any atom is -0.480 e. The Balaban J connectivity index is 1.92. The van der Waals surface area contributed by atoms with Gasteiger partial charge in [0.05, 0.1) is 6.20 Å². The highest BCUT2D eigenvalue weighted by molar-refractivity contribution is 7.99. The molecule has 18 heavy (non-hydrogen) atoms. The summed E-state index contributed by atoms with van der Waals surface area (Å²) in [6.07, 6.45) is 1.11. The van der Waals surface area contributed by atoms with E-state index in [1.807, 2.05) is 24.3 Å². The van der Waals surface area contributed by atoms with Crippen LogP contribution in [0.4, 0.5) is 5.69 Å². The molecule has 5 nitrogen and oxygen atoms in total. The van der Waals surface area contributed by atoms with E-state index in [9.17, 15) is 4.79 Å². The van der Waals surface area contributed by atoms with Gasteiger partial charge < -0.3 is 15.5 Å². The molecule has 0 spiro atoms. The first-order valence-corrected chi connectivity index (χ1v) is 6.46. The third-order valence-electron chi connectivity index (χ3n) is 2.66. The summed E-state index contributed by atoms with van der Waals surface area (Å²) in [7, 11) is 0. The van der Waals surface area contributed by atoms with Crippen molar-refractivity contribution in [2.75, 3.05) is 11.5 Å². The van der Waals surface area contributed by atoms with Crippen LogP contribution in [-0.2, 0) is 0 Å². The highest BCUT2D eigenvalue weighted by Crippen LogP contribution is 2.39. The maximum atomic E-state index is 11.4. The van der Waals surface area contributed by atoms with E-state index >= 15 is 0 Å². The van der Waals surface area contributed by atoms with Crippen molar-refractivity contribution in [1.82, 2.24) is 9.97 Å². The fraction of sp³-hybridized carbons (Fsp3) is 0.167. The Labute approximate surface area is 107 Å². The number of aromatic nitrogens is 2. The van der Waals surface area contributed by atoms with Crippen LogP contribution in [0, 0.1) is 0 Å². The highest BCUT2D eigenvalue weighted by Gasteiger charge is 2.23. The number of hydrogen-bond acceptors (Lipinski definition) is 5. The zero-order valence-corrected chi connectivity index (χ0v) is 10.2. The molecular weight excluding hydrogens is 250 g/mol. The van der Waals surface area contributed by atoms with Crippen molar-refractivity contribution < 1.29 is 4.74 Å². The van der Waals surface area contributed by atoms with Gasteiger partial charge in [-0.1, -0.05) is 12.1 Å². The summed E-state index contributed by atoms with van der Waals surface area (Å²) in [4.78, 5) is 19.3. The van der Waals surface area contributed by atoms with Gasteiger partial charge in [0.15, 0.2) is 11.9 Å². The zero-order chi connectivity index (χ0) is 12.5. The lowest BCUT2D eigenvalue weighted by atomic mass is 10.3. The first kappa shape index (κ1) is 11.2. The second-order valence-electron chi connectivity index (χ2n) is 3.92. The largest absolute Gasteiger partial charge is 0.480 e. The van der Waals surface area contributed by atoms with Gasteiger partial charge in [-0.05, 0) is 12.1 Å². The van der Waals surface area contributed by atoms with Crippen molar-refractivity contribution in [3.8, 4) is 5.75 Å². The molecule has 1 unspecified atom stereocenters. The van der Waals surface area contributed by atoms with Crippen molar-refractivity contribution in [2.45, 2.75) is 11.0 Å². The van der Waals surface area contributed by atoms with Crippen molar-refractivity contribution in [3.63, 3.8) is 0 Å². The molecule has 1 aliphatic heterocycles. The SMILES string of the molecule is Nc1cnc(C2CSc3ccccc3O2)[nH]c1=O. The molecule has 92 valence electrons. The number of hydrogen-bond donors (Lipinski definition) is 2. The van der Waals surface area contributed by atoms with Crippen LogP contribution >= 0.6 is 11.8 Å². The molecule has 3 N–H and O–H groups in total. The third-order valence-corrected chi connectivity index (χ3v) is 3.78. The normalized spacial score (nSPS) is 17.9. The van der Waals surface area contributed by atoms with Crippen molar-refractivity contribution in [2.24, 2.45) is 0 Å². The molecule has 1 atom stereocenters. The fourth-order valence-corrected chi connectivity index (χ4v) is 2.73. The first-order valence-electron chi connectivity index (χ1n) is 5.47. The summed E-state index contributed by atoms with van der Waals surface area (Å²) < 4.78 is 5.82. The third kappa shape index (κ3) is 1.95. The molecule has 0 amide bonds. The van der Waals surface area contributed by atoms with Gasteiger partial charge in [-0.3, -0.25) is 4.79 Å². The minimum absolute atomic E-state index is 0.114. The monoisotopic (exact) mass is 261 g/mol. The number of rotatable bonds is 1. The molecule has 1 aromatic carbocycles. The fourth-order valence-electron chi connectivity index (χ4n) is 1.74. The van der Waals surface area contributed by atoms with Gasteiger partial charge in [0.1, 0.15) is 11.4 Å². The molecule has 6 heteroatoms. The molecule has 0 bridgehead atoms. The Morgan fingerprint density at radius 3 is 3.11 bits per heavy atom. The van der Waals surface area contributed by atoms with E-state index in [0.29, 0.717) is 11.6 Å². The summed E-state index contributed by atoms with van der Waals surface area (Å²) in [5.74, 6) is 2.04. The molecule has 2 heterocycles. The number of anilines is 1. The average molecular weight is 261 g/mol. The van der Waals surface area contributed by atoms with Crippen LogP contribution < -0.4 is 16.0 Å². The van der Waals surface area contributed by atoms with E-state index in [2.05, 4.69) is 9.97 Å². The first-order chi connectivity index (χ1) is 8.74. The van der Waals surface area contributed by atoms with Crippen LogP contribution in [0.5, 0.6) is 5.75 Å². The van der Waals surface area contributed by atoms with Crippen LogP contribution in [-0.4, -0.2) is 15.7 Å². The topological polar surface area (TPSA) is 81.0 Å². The molecular formula is C12H11N3O2S. The van der Waals surface area contributed by atoms with Crippen molar-refractivity contribution in [3.05, 3.63) is 46.6 Å².